The molecule has 0 aromatic heterocycles. The van der Waals surface area contributed by atoms with Crippen molar-refractivity contribution < 1.29 is 58.5 Å². The van der Waals surface area contributed by atoms with Crippen LogP contribution in [0.15, 0.2) is 91.0 Å². The van der Waals surface area contributed by atoms with Crippen molar-refractivity contribution in [1.82, 2.24) is 0 Å². The highest BCUT2D eigenvalue weighted by Gasteiger charge is 2.65. The Labute approximate surface area is 290 Å². The number of β-lactam (4-membered cyclic amide) rings is 1. The number of amides is 1. The molecule has 6 atom stereocenters. The zero-order valence-electron chi connectivity index (χ0n) is 27.0. The number of phenols is 2. The molecule has 6 N–H and O–H groups in total. The van der Waals surface area contributed by atoms with E-state index < -0.39 is 65.4 Å². The molecule has 13 heteroatoms. The number of carbonyl (C=O) groups is 2. The first kappa shape index (κ1) is 34.5. The molecule has 3 fully saturated rings. The molecule has 1 saturated carbocycles. The highest BCUT2D eigenvalue weighted by molar-refractivity contribution is 6.06. The summed E-state index contributed by atoms with van der Waals surface area (Å²) in [6.45, 7) is 0. The number of carboxylic acids is 1. The van der Waals surface area contributed by atoms with E-state index in [-0.39, 0.29) is 43.1 Å². The normalized spacial score (nSPS) is 30.6. The van der Waals surface area contributed by atoms with Gasteiger partial charge in [-0.25, -0.2) is 13.6 Å². The van der Waals surface area contributed by atoms with Crippen LogP contribution in [0.3, 0.4) is 0 Å². The number of ether oxygens (including phenoxy) is 2. The number of aromatic hydroxyl groups is 2. The molecule has 3 aliphatic rings. The number of aliphatic hydroxyl groups is 3. The van der Waals surface area contributed by atoms with Crippen LogP contribution in [0, 0.1) is 17.0 Å². The summed E-state index contributed by atoms with van der Waals surface area (Å²) in [6, 6.07) is 21.6. The maximum absolute atomic E-state index is 14.3. The molecule has 1 amide bonds. The fourth-order valence-electron chi connectivity index (χ4n) is 7.79. The lowest BCUT2D eigenvalue weighted by atomic mass is 9.56. The van der Waals surface area contributed by atoms with Gasteiger partial charge in [0.15, 0.2) is 12.4 Å². The van der Waals surface area contributed by atoms with E-state index in [1.54, 1.807) is 36.4 Å². The average molecular weight is 704 g/mol. The number of anilines is 1. The van der Waals surface area contributed by atoms with Crippen molar-refractivity contribution in [2.75, 3.05) is 4.90 Å². The van der Waals surface area contributed by atoms with Gasteiger partial charge in [-0.15, -0.1) is 0 Å². The fraction of sp³-hybridized carbons (Fsp3) is 0.316. The topological polar surface area (TPSA) is 177 Å². The lowest BCUT2D eigenvalue weighted by molar-refractivity contribution is -0.328. The monoisotopic (exact) mass is 703 g/mol. The number of nitrogens with zero attached hydrogens (tertiary/aromatic N) is 1. The number of benzene rings is 4. The van der Waals surface area contributed by atoms with Gasteiger partial charge in [-0.05, 0) is 97.0 Å². The molecule has 7 rings (SSSR count). The lowest BCUT2D eigenvalue weighted by Crippen LogP contribution is -2.66. The standard InChI is InChI=1S/C38H35F2NO10/c39-23-7-5-22(6-8-23)38(51-35-31(46)29(44)30(45)32(50-35)34(47)48)16-14-37(15-17-38)33(41(36(37)49)25-11-9-24(40)10-12-25)27-13-4-21(19-28(27)43)20-2-1-3-26(42)18-20/h1-13,18-19,29-33,35,42-46H,14-17H2,(H,47,48)/t29-,30-,31?,32?,33+,35-,37?,38?/m0/s1. The summed E-state index contributed by atoms with van der Waals surface area (Å²) in [7, 11) is 0. The van der Waals surface area contributed by atoms with Crippen molar-refractivity contribution >= 4 is 17.6 Å². The number of hydrogen-bond donors (Lipinski definition) is 6. The molecule has 2 aliphatic heterocycles. The minimum Gasteiger partial charge on any atom is -0.508 e. The largest absolute Gasteiger partial charge is 0.508 e. The van der Waals surface area contributed by atoms with Crippen LogP contribution in [0.5, 0.6) is 11.5 Å². The zero-order valence-corrected chi connectivity index (χ0v) is 27.0. The molecule has 4 aromatic rings. The fourth-order valence-corrected chi connectivity index (χ4v) is 7.79. The predicted molar refractivity (Wildman–Crippen MR) is 176 cm³/mol. The lowest BCUT2D eigenvalue weighted by Gasteiger charge is -2.60. The van der Waals surface area contributed by atoms with E-state index in [0.717, 1.165) is 0 Å². The maximum Gasteiger partial charge on any atom is 0.335 e. The molecule has 2 unspecified atom stereocenters. The van der Waals surface area contributed by atoms with Crippen LogP contribution in [-0.4, -0.2) is 73.2 Å². The first-order valence-electron chi connectivity index (χ1n) is 16.4. The molecule has 51 heavy (non-hydrogen) atoms. The molecule has 11 nitrogen and oxygen atoms in total. The average Bonchev–Trinajstić information content (AvgIpc) is 3.12. The van der Waals surface area contributed by atoms with Gasteiger partial charge in [-0.1, -0.05) is 36.4 Å². The maximum atomic E-state index is 14.3. The van der Waals surface area contributed by atoms with Gasteiger partial charge in [0.25, 0.3) is 0 Å². The zero-order chi connectivity index (χ0) is 36.2. The SMILES string of the molecule is O=C(O)C1O[C@@H](OC2(c3ccc(F)cc3)CCC3(CC2)C(=O)N(c2ccc(F)cc2)[C@@H]3c2ccc(-c3cccc(O)c3)cc2O)C(O)[C@@H](O)[C@@H]1O. The smallest absolute Gasteiger partial charge is 0.335 e. The molecule has 4 aromatic carbocycles. The number of phenolic OH excluding ortho intramolecular Hbond substituents is 2. The van der Waals surface area contributed by atoms with E-state index in [1.165, 1.54) is 59.5 Å². The van der Waals surface area contributed by atoms with Gasteiger partial charge in [0, 0.05) is 11.3 Å². The molecule has 2 saturated heterocycles. The first-order valence-corrected chi connectivity index (χ1v) is 16.4. The van der Waals surface area contributed by atoms with E-state index in [4.69, 9.17) is 9.47 Å². The Bertz CT molecular complexity index is 1950. The van der Waals surface area contributed by atoms with Crippen LogP contribution in [0.25, 0.3) is 11.1 Å². The van der Waals surface area contributed by atoms with Crippen LogP contribution in [0.1, 0.15) is 42.9 Å². The Hall–Kier alpha value is -4.92. The van der Waals surface area contributed by atoms with Gasteiger partial charge in [0.05, 0.1) is 17.1 Å². The van der Waals surface area contributed by atoms with E-state index >= 15 is 0 Å². The summed E-state index contributed by atoms with van der Waals surface area (Å²) in [5.41, 5.74) is 0.0517. The summed E-state index contributed by atoms with van der Waals surface area (Å²) in [5, 5.41) is 62.6. The minimum absolute atomic E-state index is 0.0477. The van der Waals surface area contributed by atoms with Crippen molar-refractivity contribution in [2.45, 2.75) is 68.0 Å². The van der Waals surface area contributed by atoms with Gasteiger partial charge in [0.1, 0.15) is 41.4 Å². The Morgan fingerprint density at radius 3 is 2.02 bits per heavy atom. The molecule has 0 bridgehead atoms. The van der Waals surface area contributed by atoms with Crippen molar-refractivity contribution in [3.05, 3.63) is 114 Å². The van der Waals surface area contributed by atoms with E-state index in [2.05, 4.69) is 0 Å². The van der Waals surface area contributed by atoms with Crippen molar-refractivity contribution in [2.24, 2.45) is 5.41 Å². The van der Waals surface area contributed by atoms with Crippen LogP contribution in [0.2, 0.25) is 0 Å². The molecular formula is C38H35F2NO10. The number of carboxylic acid groups (broad SMARTS) is 1. The Morgan fingerprint density at radius 2 is 1.41 bits per heavy atom. The van der Waals surface area contributed by atoms with Crippen molar-refractivity contribution in [3.63, 3.8) is 0 Å². The van der Waals surface area contributed by atoms with Crippen molar-refractivity contribution in [3.8, 4) is 22.6 Å². The quantitative estimate of drug-likeness (QED) is 0.150. The second-order valence-electron chi connectivity index (χ2n) is 13.4. The molecule has 0 radical (unpaired) electrons. The van der Waals surface area contributed by atoms with Crippen LogP contribution >= 0.6 is 0 Å². The summed E-state index contributed by atoms with van der Waals surface area (Å²) < 4.78 is 39.9. The number of carbonyl (C=O) groups excluding carboxylic acids is 1. The summed E-state index contributed by atoms with van der Waals surface area (Å²) in [6.07, 6.45) is -8.93. The van der Waals surface area contributed by atoms with Crippen LogP contribution < -0.4 is 4.90 Å². The number of hydrogen-bond acceptors (Lipinski definition) is 9. The molecule has 1 aliphatic carbocycles. The number of halogens is 2. The Balaban J connectivity index is 1.26. The van der Waals surface area contributed by atoms with Crippen molar-refractivity contribution in [1.29, 1.82) is 0 Å². The van der Waals surface area contributed by atoms with Gasteiger partial charge < -0.3 is 45.0 Å². The van der Waals surface area contributed by atoms with Gasteiger partial charge in [-0.3, -0.25) is 4.79 Å². The van der Waals surface area contributed by atoms with Gasteiger partial charge >= 0.3 is 5.97 Å². The Kier molecular flexibility index (Phi) is 8.80. The molecule has 2 heterocycles. The van der Waals surface area contributed by atoms with E-state index in [1.807, 2.05) is 0 Å². The third kappa shape index (κ3) is 5.90. The number of aliphatic hydroxyl groups excluding tert-OH is 3. The minimum atomic E-state index is -1.94. The highest BCUT2D eigenvalue weighted by atomic mass is 19.1. The highest BCUT2D eigenvalue weighted by Crippen LogP contribution is 2.63. The van der Waals surface area contributed by atoms with Gasteiger partial charge in [0.2, 0.25) is 5.91 Å². The third-order valence-corrected chi connectivity index (χ3v) is 10.5. The number of rotatable bonds is 7. The third-order valence-electron chi connectivity index (χ3n) is 10.5. The molecule has 266 valence electrons. The first-order chi connectivity index (χ1) is 24.3. The summed E-state index contributed by atoms with van der Waals surface area (Å²) in [4.78, 5) is 27.6. The Morgan fingerprint density at radius 1 is 0.784 bits per heavy atom. The number of aliphatic carboxylic acids is 1. The summed E-state index contributed by atoms with van der Waals surface area (Å²) >= 11 is 0. The summed E-state index contributed by atoms with van der Waals surface area (Å²) in [5.74, 6) is -2.97. The predicted octanol–water partition coefficient (Wildman–Crippen LogP) is 4.50. The second kappa shape index (κ2) is 13.0. The van der Waals surface area contributed by atoms with Gasteiger partial charge in [-0.2, -0.15) is 0 Å². The van der Waals surface area contributed by atoms with E-state index in [0.29, 0.717) is 27.9 Å². The van der Waals surface area contributed by atoms with E-state index in [9.17, 15) is 49.0 Å². The van der Waals surface area contributed by atoms with Crippen LogP contribution in [0.4, 0.5) is 14.5 Å². The molecule has 1 spiro atoms. The second-order valence-corrected chi connectivity index (χ2v) is 13.4. The molecular weight excluding hydrogens is 668 g/mol. The van der Waals surface area contributed by atoms with Crippen LogP contribution in [-0.2, 0) is 24.7 Å².